The molecular formula is C14H13BrN2O3. The lowest BCUT2D eigenvalue weighted by molar-refractivity contribution is -0.138. The Morgan fingerprint density at radius 1 is 1.30 bits per heavy atom. The van der Waals surface area contributed by atoms with Crippen LogP contribution in [0.3, 0.4) is 0 Å². The molecule has 2 rings (SSSR count). The van der Waals surface area contributed by atoms with E-state index in [1.807, 2.05) is 6.07 Å². The lowest BCUT2D eigenvalue weighted by Gasteiger charge is -2.08. The van der Waals surface area contributed by atoms with Gasteiger partial charge in [-0.1, -0.05) is 12.1 Å². The highest BCUT2D eigenvalue weighted by atomic mass is 79.9. The largest absolute Gasteiger partial charge is 0.480 e. The molecule has 5 nitrogen and oxygen atoms in total. The second-order valence-corrected chi connectivity index (χ2v) is 5.13. The summed E-state index contributed by atoms with van der Waals surface area (Å²) in [6.45, 7) is 0. The Hall–Kier alpha value is -1.92. The fourth-order valence-corrected chi connectivity index (χ4v) is 1.81. The second-order valence-electron chi connectivity index (χ2n) is 4.21. The summed E-state index contributed by atoms with van der Waals surface area (Å²) in [6.07, 6.45) is 1.93. The molecule has 0 aliphatic carbocycles. The molecule has 1 aromatic heterocycles. The van der Waals surface area contributed by atoms with Gasteiger partial charge in [-0.2, -0.15) is 0 Å². The van der Waals surface area contributed by atoms with E-state index < -0.39 is 12.0 Å². The summed E-state index contributed by atoms with van der Waals surface area (Å²) in [5.41, 5.74) is 6.32. The summed E-state index contributed by atoms with van der Waals surface area (Å²) in [5.74, 6) is 0.111. The summed E-state index contributed by atoms with van der Waals surface area (Å²) in [7, 11) is 0. The number of benzene rings is 1. The van der Waals surface area contributed by atoms with Gasteiger partial charge in [0.25, 0.3) is 0 Å². The number of aromatic nitrogens is 1. The molecule has 0 saturated carbocycles. The molecule has 20 heavy (non-hydrogen) atoms. The van der Waals surface area contributed by atoms with Crippen LogP contribution in [-0.4, -0.2) is 22.1 Å². The number of pyridine rings is 1. The van der Waals surface area contributed by atoms with Crippen molar-refractivity contribution in [2.24, 2.45) is 5.73 Å². The van der Waals surface area contributed by atoms with Gasteiger partial charge >= 0.3 is 5.97 Å². The van der Waals surface area contributed by atoms with E-state index in [-0.39, 0.29) is 6.42 Å². The van der Waals surface area contributed by atoms with Crippen molar-refractivity contribution in [3.63, 3.8) is 0 Å². The second kappa shape index (κ2) is 6.49. The molecule has 1 aromatic carbocycles. The number of carbonyl (C=O) groups is 1. The minimum Gasteiger partial charge on any atom is -0.480 e. The molecule has 0 fully saturated rings. The van der Waals surface area contributed by atoms with E-state index in [2.05, 4.69) is 20.9 Å². The predicted molar refractivity (Wildman–Crippen MR) is 77.8 cm³/mol. The molecule has 0 aliphatic rings. The topological polar surface area (TPSA) is 85.4 Å². The molecule has 0 spiro atoms. The number of nitrogens with zero attached hydrogens (tertiary/aromatic N) is 1. The number of hydrogen-bond donors (Lipinski definition) is 2. The van der Waals surface area contributed by atoms with Crippen LogP contribution in [0.2, 0.25) is 0 Å². The molecule has 1 unspecified atom stereocenters. The molecule has 104 valence electrons. The maximum absolute atomic E-state index is 10.7. The first-order valence-corrected chi connectivity index (χ1v) is 6.70. The van der Waals surface area contributed by atoms with Crippen LogP contribution < -0.4 is 10.5 Å². The molecule has 1 atom stereocenters. The normalized spacial score (nSPS) is 11.9. The maximum Gasteiger partial charge on any atom is 0.320 e. The predicted octanol–water partition coefficient (Wildman–Crippen LogP) is 2.59. The number of carboxylic acids is 1. The van der Waals surface area contributed by atoms with Gasteiger partial charge < -0.3 is 15.6 Å². The van der Waals surface area contributed by atoms with Gasteiger partial charge in [-0.15, -0.1) is 0 Å². The first-order chi connectivity index (χ1) is 9.54. The molecule has 1 heterocycles. The minimum atomic E-state index is -1.01. The minimum absolute atomic E-state index is 0.284. The molecule has 0 amide bonds. The molecular weight excluding hydrogens is 324 g/mol. The average molecular weight is 337 g/mol. The highest BCUT2D eigenvalue weighted by Crippen LogP contribution is 2.21. The molecule has 3 N–H and O–H groups in total. The number of carboxylic acid groups (broad SMARTS) is 1. The number of hydrogen-bond acceptors (Lipinski definition) is 4. The number of aliphatic carboxylic acids is 1. The Balaban J connectivity index is 2.01. The monoisotopic (exact) mass is 336 g/mol. The Morgan fingerprint density at radius 3 is 2.55 bits per heavy atom. The van der Waals surface area contributed by atoms with Crippen LogP contribution in [0.15, 0.2) is 47.1 Å². The zero-order valence-electron chi connectivity index (χ0n) is 10.5. The molecule has 6 heteroatoms. The van der Waals surface area contributed by atoms with E-state index in [4.69, 9.17) is 15.6 Å². The fraction of sp³-hybridized carbons (Fsp3) is 0.143. The van der Waals surface area contributed by atoms with E-state index >= 15 is 0 Å². The van der Waals surface area contributed by atoms with E-state index in [9.17, 15) is 4.79 Å². The van der Waals surface area contributed by atoms with E-state index in [0.717, 1.165) is 10.0 Å². The highest BCUT2D eigenvalue weighted by molar-refractivity contribution is 9.10. The third kappa shape index (κ3) is 4.04. The van der Waals surface area contributed by atoms with E-state index in [1.54, 1.807) is 36.5 Å². The van der Waals surface area contributed by atoms with Gasteiger partial charge in [0.15, 0.2) is 0 Å². The van der Waals surface area contributed by atoms with E-state index in [0.29, 0.717) is 11.6 Å². The van der Waals surface area contributed by atoms with Crippen molar-refractivity contribution in [2.75, 3.05) is 0 Å². The van der Waals surface area contributed by atoms with E-state index in [1.165, 1.54) is 0 Å². The van der Waals surface area contributed by atoms with Gasteiger partial charge in [-0.3, -0.25) is 4.79 Å². The Labute approximate surface area is 124 Å². The lowest BCUT2D eigenvalue weighted by atomic mass is 10.1. The number of nitrogens with two attached hydrogens (primary N) is 1. The molecule has 0 bridgehead atoms. The van der Waals surface area contributed by atoms with Crippen molar-refractivity contribution in [3.05, 3.63) is 52.6 Å². The Bertz CT molecular complexity index is 584. The van der Waals surface area contributed by atoms with Crippen LogP contribution >= 0.6 is 15.9 Å². The van der Waals surface area contributed by atoms with Gasteiger partial charge in [-0.25, -0.2) is 4.98 Å². The maximum atomic E-state index is 10.7. The third-order valence-corrected chi connectivity index (χ3v) is 3.09. The fourth-order valence-electron chi connectivity index (χ4n) is 1.58. The Morgan fingerprint density at radius 2 is 2.00 bits per heavy atom. The first kappa shape index (κ1) is 14.5. The number of halogens is 1. The van der Waals surface area contributed by atoms with Gasteiger partial charge in [0.1, 0.15) is 11.8 Å². The summed E-state index contributed by atoms with van der Waals surface area (Å²) < 4.78 is 6.44. The van der Waals surface area contributed by atoms with Crippen LogP contribution in [0, 0.1) is 0 Å². The quantitative estimate of drug-likeness (QED) is 0.876. The van der Waals surface area contributed by atoms with Crippen LogP contribution in [0.4, 0.5) is 0 Å². The van der Waals surface area contributed by atoms with Gasteiger partial charge in [0, 0.05) is 16.7 Å². The average Bonchev–Trinajstić information content (AvgIpc) is 2.43. The van der Waals surface area contributed by atoms with Crippen molar-refractivity contribution in [2.45, 2.75) is 12.5 Å². The van der Waals surface area contributed by atoms with Gasteiger partial charge in [0.2, 0.25) is 5.88 Å². The van der Waals surface area contributed by atoms with Gasteiger partial charge in [-0.05, 0) is 46.1 Å². The standard InChI is InChI=1S/C14H13BrN2O3/c15-10-3-6-13(17-8-10)20-11-4-1-9(2-5-11)7-12(16)14(18)19/h1-6,8,12H,7,16H2,(H,18,19). The third-order valence-electron chi connectivity index (χ3n) is 2.62. The number of rotatable bonds is 5. The van der Waals surface area contributed by atoms with Crippen LogP contribution in [0.25, 0.3) is 0 Å². The number of ether oxygens (including phenoxy) is 1. The summed E-state index contributed by atoms with van der Waals surface area (Å²) in [4.78, 5) is 14.8. The van der Waals surface area contributed by atoms with Crippen LogP contribution in [-0.2, 0) is 11.2 Å². The van der Waals surface area contributed by atoms with Gasteiger partial charge in [0.05, 0.1) is 0 Å². The summed E-state index contributed by atoms with van der Waals surface area (Å²) in [6, 6.07) is 9.78. The van der Waals surface area contributed by atoms with Crippen molar-refractivity contribution >= 4 is 21.9 Å². The lowest BCUT2D eigenvalue weighted by Crippen LogP contribution is -2.32. The molecule has 0 aliphatic heterocycles. The molecule has 0 radical (unpaired) electrons. The molecule has 0 saturated heterocycles. The summed E-state index contributed by atoms with van der Waals surface area (Å²) in [5, 5.41) is 8.75. The van der Waals surface area contributed by atoms with Crippen LogP contribution in [0.5, 0.6) is 11.6 Å². The zero-order chi connectivity index (χ0) is 14.5. The zero-order valence-corrected chi connectivity index (χ0v) is 12.1. The summed E-state index contributed by atoms with van der Waals surface area (Å²) >= 11 is 3.30. The first-order valence-electron chi connectivity index (χ1n) is 5.91. The van der Waals surface area contributed by atoms with Crippen molar-refractivity contribution in [3.8, 4) is 11.6 Å². The molecule has 2 aromatic rings. The smallest absolute Gasteiger partial charge is 0.320 e. The SMILES string of the molecule is NC(Cc1ccc(Oc2ccc(Br)cn2)cc1)C(=O)O. The van der Waals surface area contributed by atoms with Crippen molar-refractivity contribution in [1.82, 2.24) is 4.98 Å². The van der Waals surface area contributed by atoms with Crippen molar-refractivity contribution < 1.29 is 14.6 Å². The van der Waals surface area contributed by atoms with Crippen molar-refractivity contribution in [1.29, 1.82) is 0 Å². The van der Waals surface area contributed by atoms with Crippen LogP contribution in [0.1, 0.15) is 5.56 Å². The highest BCUT2D eigenvalue weighted by Gasteiger charge is 2.11. The Kier molecular flexibility index (Phi) is 4.70.